The number of benzene rings is 1. The highest BCUT2D eigenvalue weighted by Crippen LogP contribution is 2.36. The fraction of sp³-hybridized carbons (Fsp3) is 0.235. The smallest absolute Gasteiger partial charge is 0.290 e. The molecule has 3 aromatic rings. The molecule has 1 aliphatic rings. The average molecular weight is 297 g/mol. The molecule has 0 aliphatic carbocycles. The molecule has 4 heteroatoms. The van der Waals surface area contributed by atoms with Gasteiger partial charge in [-0.1, -0.05) is 24.3 Å². The first-order chi connectivity index (χ1) is 10.3. The standard InChI is InChI=1S/C17H15NO2S/c19-17(15-11-12-5-1-2-7-14(12)20-15)18-9-3-6-13(18)16-8-4-10-21-16/h1-2,4-5,7-8,10-11,13H,3,6,9H2/t13-/m1/s1. The number of carbonyl (C=O) groups is 1. The lowest BCUT2D eigenvalue weighted by molar-refractivity contribution is 0.0708. The van der Waals surface area contributed by atoms with Gasteiger partial charge in [-0.25, -0.2) is 0 Å². The Balaban J connectivity index is 1.67. The second-order valence-corrected chi connectivity index (χ2v) is 6.30. The maximum atomic E-state index is 12.8. The van der Waals surface area contributed by atoms with Crippen LogP contribution in [0.1, 0.15) is 34.3 Å². The number of rotatable bonds is 2. The predicted octanol–water partition coefficient (Wildman–Crippen LogP) is 4.47. The van der Waals surface area contributed by atoms with Crippen molar-refractivity contribution in [3.05, 3.63) is 58.5 Å². The van der Waals surface area contributed by atoms with Crippen LogP contribution in [-0.2, 0) is 0 Å². The molecule has 1 fully saturated rings. The summed E-state index contributed by atoms with van der Waals surface area (Å²) in [4.78, 5) is 16.0. The zero-order valence-corrected chi connectivity index (χ0v) is 12.3. The van der Waals surface area contributed by atoms with Gasteiger partial charge in [0, 0.05) is 16.8 Å². The van der Waals surface area contributed by atoms with Gasteiger partial charge in [-0.15, -0.1) is 11.3 Å². The van der Waals surface area contributed by atoms with Crippen molar-refractivity contribution in [3.63, 3.8) is 0 Å². The highest BCUT2D eigenvalue weighted by Gasteiger charge is 2.32. The number of likely N-dealkylation sites (tertiary alicyclic amines) is 1. The number of para-hydroxylation sites is 1. The Hall–Kier alpha value is -2.07. The van der Waals surface area contributed by atoms with Gasteiger partial charge in [-0.3, -0.25) is 4.79 Å². The molecule has 21 heavy (non-hydrogen) atoms. The third-order valence-corrected chi connectivity index (χ3v) is 5.00. The maximum absolute atomic E-state index is 12.8. The molecule has 0 radical (unpaired) electrons. The van der Waals surface area contributed by atoms with Gasteiger partial charge in [0.15, 0.2) is 5.76 Å². The summed E-state index contributed by atoms with van der Waals surface area (Å²) in [7, 11) is 0. The SMILES string of the molecule is O=C(c1cc2ccccc2o1)N1CCC[C@@H]1c1cccs1. The number of amides is 1. The van der Waals surface area contributed by atoms with Crippen LogP contribution in [0.3, 0.4) is 0 Å². The van der Waals surface area contributed by atoms with Gasteiger partial charge in [0.05, 0.1) is 6.04 Å². The summed E-state index contributed by atoms with van der Waals surface area (Å²) in [6, 6.07) is 13.9. The lowest BCUT2D eigenvalue weighted by atomic mass is 10.2. The van der Waals surface area contributed by atoms with Crippen molar-refractivity contribution in [3.8, 4) is 0 Å². The minimum atomic E-state index is 0.00194. The maximum Gasteiger partial charge on any atom is 0.290 e. The number of thiophene rings is 1. The summed E-state index contributed by atoms with van der Waals surface area (Å²) >= 11 is 1.72. The van der Waals surface area contributed by atoms with Gasteiger partial charge >= 0.3 is 0 Å². The van der Waals surface area contributed by atoms with E-state index in [-0.39, 0.29) is 11.9 Å². The van der Waals surface area contributed by atoms with E-state index in [0.717, 1.165) is 30.4 Å². The minimum absolute atomic E-state index is 0.00194. The molecule has 0 unspecified atom stereocenters. The first-order valence-electron chi connectivity index (χ1n) is 7.16. The third-order valence-electron chi connectivity index (χ3n) is 4.02. The van der Waals surface area contributed by atoms with Gasteiger partial charge in [-0.2, -0.15) is 0 Å². The van der Waals surface area contributed by atoms with Crippen LogP contribution in [-0.4, -0.2) is 17.4 Å². The first-order valence-corrected chi connectivity index (χ1v) is 8.04. The topological polar surface area (TPSA) is 33.5 Å². The highest BCUT2D eigenvalue weighted by molar-refractivity contribution is 7.10. The van der Waals surface area contributed by atoms with E-state index in [2.05, 4.69) is 11.4 Å². The summed E-state index contributed by atoms with van der Waals surface area (Å²) in [6.45, 7) is 0.804. The summed E-state index contributed by atoms with van der Waals surface area (Å²) in [6.07, 6.45) is 2.08. The van der Waals surface area contributed by atoms with E-state index >= 15 is 0 Å². The Morgan fingerprint density at radius 3 is 2.95 bits per heavy atom. The van der Waals surface area contributed by atoms with Crippen molar-refractivity contribution >= 4 is 28.2 Å². The van der Waals surface area contributed by atoms with Crippen LogP contribution in [0.5, 0.6) is 0 Å². The normalized spacial score (nSPS) is 18.5. The molecule has 3 nitrogen and oxygen atoms in total. The number of furan rings is 1. The number of fused-ring (bicyclic) bond motifs is 1. The molecule has 3 heterocycles. The number of hydrogen-bond donors (Lipinski definition) is 0. The van der Waals surface area contributed by atoms with Gasteiger partial charge in [0.2, 0.25) is 0 Å². The van der Waals surface area contributed by atoms with E-state index in [1.165, 1.54) is 4.88 Å². The Morgan fingerprint density at radius 2 is 2.14 bits per heavy atom. The molecule has 0 N–H and O–H groups in total. The molecular formula is C17H15NO2S. The van der Waals surface area contributed by atoms with Crippen molar-refractivity contribution < 1.29 is 9.21 Å². The molecule has 1 atom stereocenters. The molecule has 1 aromatic carbocycles. The Morgan fingerprint density at radius 1 is 1.24 bits per heavy atom. The fourth-order valence-corrected chi connectivity index (χ4v) is 3.89. The first kappa shape index (κ1) is 12.7. The van der Waals surface area contributed by atoms with Crippen LogP contribution in [0.25, 0.3) is 11.0 Å². The van der Waals surface area contributed by atoms with E-state index in [1.54, 1.807) is 11.3 Å². The summed E-state index contributed by atoms with van der Waals surface area (Å²) in [5.74, 6) is 0.446. The van der Waals surface area contributed by atoms with E-state index in [4.69, 9.17) is 4.42 Å². The lowest BCUT2D eigenvalue weighted by Crippen LogP contribution is -2.29. The monoisotopic (exact) mass is 297 g/mol. The Kier molecular flexibility index (Phi) is 3.04. The fourth-order valence-electron chi connectivity index (χ4n) is 3.02. The third kappa shape index (κ3) is 2.16. The van der Waals surface area contributed by atoms with Crippen molar-refractivity contribution in [2.24, 2.45) is 0 Å². The molecule has 0 bridgehead atoms. The predicted molar refractivity (Wildman–Crippen MR) is 83.5 cm³/mol. The van der Waals surface area contributed by atoms with Crippen LogP contribution >= 0.6 is 11.3 Å². The minimum Gasteiger partial charge on any atom is -0.451 e. The zero-order valence-electron chi connectivity index (χ0n) is 11.5. The largest absolute Gasteiger partial charge is 0.451 e. The van der Waals surface area contributed by atoms with Crippen LogP contribution in [0, 0.1) is 0 Å². The average Bonchev–Trinajstić information content (AvgIpc) is 3.23. The lowest BCUT2D eigenvalue weighted by Gasteiger charge is -2.22. The number of nitrogens with zero attached hydrogens (tertiary/aromatic N) is 1. The summed E-state index contributed by atoms with van der Waals surface area (Å²) in [5, 5.41) is 3.05. The van der Waals surface area contributed by atoms with Crippen molar-refractivity contribution in [1.29, 1.82) is 0 Å². The second kappa shape index (κ2) is 5.04. The van der Waals surface area contributed by atoms with E-state index in [0.29, 0.717) is 5.76 Å². The summed E-state index contributed by atoms with van der Waals surface area (Å²) < 4.78 is 5.72. The molecule has 106 valence electrons. The van der Waals surface area contributed by atoms with Crippen LogP contribution in [0.15, 0.2) is 52.3 Å². The summed E-state index contributed by atoms with van der Waals surface area (Å²) in [5.41, 5.74) is 0.771. The number of hydrogen-bond acceptors (Lipinski definition) is 3. The molecule has 0 spiro atoms. The van der Waals surface area contributed by atoms with Gasteiger partial charge in [0.1, 0.15) is 5.58 Å². The molecule has 2 aromatic heterocycles. The second-order valence-electron chi connectivity index (χ2n) is 5.32. The van der Waals surface area contributed by atoms with Crippen molar-refractivity contribution in [2.45, 2.75) is 18.9 Å². The van der Waals surface area contributed by atoms with Crippen LogP contribution in [0.2, 0.25) is 0 Å². The van der Waals surface area contributed by atoms with Crippen LogP contribution < -0.4 is 0 Å². The van der Waals surface area contributed by atoms with Gasteiger partial charge in [-0.05, 0) is 36.4 Å². The van der Waals surface area contributed by atoms with Crippen molar-refractivity contribution in [2.75, 3.05) is 6.54 Å². The van der Waals surface area contributed by atoms with Crippen LogP contribution in [0.4, 0.5) is 0 Å². The Labute approximate surface area is 126 Å². The number of carbonyl (C=O) groups excluding carboxylic acids is 1. The molecule has 1 amide bonds. The van der Waals surface area contributed by atoms with Crippen molar-refractivity contribution in [1.82, 2.24) is 4.90 Å². The Bertz CT molecular complexity index is 742. The quantitative estimate of drug-likeness (QED) is 0.699. The molecule has 4 rings (SSSR count). The van der Waals surface area contributed by atoms with E-state index < -0.39 is 0 Å². The van der Waals surface area contributed by atoms with E-state index in [9.17, 15) is 4.79 Å². The van der Waals surface area contributed by atoms with Gasteiger partial charge in [0.25, 0.3) is 5.91 Å². The van der Waals surface area contributed by atoms with Gasteiger partial charge < -0.3 is 9.32 Å². The molecule has 0 saturated carbocycles. The molecule has 1 aliphatic heterocycles. The van der Waals surface area contributed by atoms with E-state index in [1.807, 2.05) is 41.3 Å². The zero-order chi connectivity index (χ0) is 14.2. The highest BCUT2D eigenvalue weighted by atomic mass is 32.1. The molecular weight excluding hydrogens is 282 g/mol. The molecule has 1 saturated heterocycles.